The lowest BCUT2D eigenvalue weighted by Gasteiger charge is -2.26. The summed E-state index contributed by atoms with van der Waals surface area (Å²) in [4.78, 5) is 25.1. The van der Waals surface area contributed by atoms with Crippen LogP contribution in [0, 0.1) is 0 Å². The molecule has 126 valence electrons. The van der Waals surface area contributed by atoms with Gasteiger partial charge in [-0.1, -0.05) is 23.2 Å². The second kappa shape index (κ2) is 7.07. The third kappa shape index (κ3) is 4.83. The first-order valence-electron chi connectivity index (χ1n) is 6.90. The summed E-state index contributed by atoms with van der Waals surface area (Å²) in [5.41, 5.74) is 0.451. The molecule has 1 aliphatic heterocycles. The zero-order valence-corrected chi connectivity index (χ0v) is 14.7. The lowest BCUT2D eigenvalue weighted by molar-refractivity contribution is -0.134. The summed E-state index contributed by atoms with van der Waals surface area (Å²) >= 11 is 11.7. The van der Waals surface area contributed by atoms with E-state index in [1.165, 1.54) is 17.9 Å². The van der Waals surface area contributed by atoms with Gasteiger partial charge in [-0.25, -0.2) is 8.42 Å². The van der Waals surface area contributed by atoms with Gasteiger partial charge in [-0.15, -0.1) is 0 Å². The minimum atomic E-state index is -3.14. The third-order valence-corrected chi connectivity index (χ3v) is 6.06. The van der Waals surface area contributed by atoms with Crippen molar-refractivity contribution < 1.29 is 18.0 Å². The number of amides is 2. The molecule has 6 nitrogen and oxygen atoms in total. The Morgan fingerprint density at radius 1 is 1.30 bits per heavy atom. The van der Waals surface area contributed by atoms with Gasteiger partial charge in [0.25, 0.3) is 0 Å². The van der Waals surface area contributed by atoms with Gasteiger partial charge in [-0.05, 0) is 24.6 Å². The fraction of sp³-hybridized carbons (Fsp3) is 0.429. The van der Waals surface area contributed by atoms with E-state index in [0.717, 1.165) is 0 Å². The smallest absolute Gasteiger partial charge is 0.244 e. The Kier molecular flexibility index (Phi) is 5.54. The van der Waals surface area contributed by atoms with Crippen molar-refractivity contribution in [3.63, 3.8) is 0 Å². The van der Waals surface area contributed by atoms with Crippen molar-refractivity contribution in [3.05, 3.63) is 28.2 Å². The van der Waals surface area contributed by atoms with Gasteiger partial charge in [0.15, 0.2) is 9.84 Å². The Morgan fingerprint density at radius 2 is 2.00 bits per heavy atom. The summed E-state index contributed by atoms with van der Waals surface area (Å²) < 4.78 is 23.1. The van der Waals surface area contributed by atoms with E-state index < -0.39 is 21.8 Å². The van der Waals surface area contributed by atoms with Gasteiger partial charge in [0.05, 0.1) is 21.6 Å². The molecule has 1 atom stereocenters. The highest BCUT2D eigenvalue weighted by Crippen LogP contribution is 2.25. The quantitative estimate of drug-likeness (QED) is 0.867. The van der Waals surface area contributed by atoms with E-state index >= 15 is 0 Å². The minimum absolute atomic E-state index is 0.0376. The molecule has 9 heteroatoms. The molecule has 0 radical (unpaired) electrons. The lowest BCUT2D eigenvalue weighted by atomic mass is 10.2. The zero-order valence-electron chi connectivity index (χ0n) is 12.4. The van der Waals surface area contributed by atoms with E-state index in [9.17, 15) is 18.0 Å². The van der Waals surface area contributed by atoms with Crippen LogP contribution < -0.4 is 5.32 Å². The van der Waals surface area contributed by atoms with Crippen LogP contribution in [-0.4, -0.2) is 49.2 Å². The van der Waals surface area contributed by atoms with Crippen LogP contribution in [0.4, 0.5) is 5.69 Å². The number of nitrogens with one attached hydrogen (secondary N) is 1. The molecule has 23 heavy (non-hydrogen) atoms. The second-order valence-electron chi connectivity index (χ2n) is 5.38. The Balaban J connectivity index is 2.03. The SMILES string of the molecule is CC(=O)N(CC(=O)Nc1ccc(Cl)c(Cl)c1)C1CCS(=O)(=O)C1. The molecule has 0 saturated carbocycles. The molecule has 2 rings (SSSR count). The fourth-order valence-corrected chi connectivity index (χ4v) is 4.48. The number of carbonyl (C=O) groups excluding carboxylic acids is 2. The van der Waals surface area contributed by atoms with Crippen molar-refractivity contribution in [2.75, 3.05) is 23.4 Å². The Bertz CT molecular complexity index is 736. The van der Waals surface area contributed by atoms with Crippen LogP contribution in [0.15, 0.2) is 18.2 Å². The molecule has 1 fully saturated rings. The summed E-state index contributed by atoms with van der Waals surface area (Å²) in [6.45, 7) is 1.10. The Hall–Kier alpha value is -1.31. The van der Waals surface area contributed by atoms with Crippen LogP contribution >= 0.6 is 23.2 Å². The summed E-state index contributed by atoms with van der Waals surface area (Å²) in [7, 11) is -3.14. The monoisotopic (exact) mass is 378 g/mol. The maximum Gasteiger partial charge on any atom is 0.244 e. The van der Waals surface area contributed by atoms with Crippen LogP contribution in [0.3, 0.4) is 0 Å². The van der Waals surface area contributed by atoms with E-state index in [1.54, 1.807) is 12.1 Å². The molecular formula is C14H16Cl2N2O4S. The third-order valence-electron chi connectivity index (χ3n) is 3.57. The molecule has 1 aromatic carbocycles. The maximum atomic E-state index is 12.1. The van der Waals surface area contributed by atoms with Crippen molar-refractivity contribution in [2.45, 2.75) is 19.4 Å². The van der Waals surface area contributed by atoms with Gasteiger partial charge in [0.1, 0.15) is 6.54 Å². The van der Waals surface area contributed by atoms with Gasteiger partial charge in [-0.3, -0.25) is 9.59 Å². The number of nitrogens with zero attached hydrogens (tertiary/aromatic N) is 1. The minimum Gasteiger partial charge on any atom is -0.330 e. The number of hydrogen-bond acceptors (Lipinski definition) is 4. The van der Waals surface area contributed by atoms with Gasteiger partial charge in [-0.2, -0.15) is 0 Å². The molecule has 0 aliphatic carbocycles. The number of anilines is 1. The number of sulfone groups is 1. The van der Waals surface area contributed by atoms with Crippen LogP contribution in [-0.2, 0) is 19.4 Å². The molecule has 0 bridgehead atoms. The highest BCUT2D eigenvalue weighted by Gasteiger charge is 2.34. The van der Waals surface area contributed by atoms with Crippen molar-refractivity contribution in [1.29, 1.82) is 0 Å². The number of halogens is 2. The average Bonchev–Trinajstić information content (AvgIpc) is 2.80. The molecule has 1 heterocycles. The fourth-order valence-electron chi connectivity index (χ4n) is 2.45. The number of rotatable bonds is 4. The standard InChI is InChI=1S/C14H16Cl2N2O4S/c1-9(19)18(11-4-5-23(21,22)8-11)7-14(20)17-10-2-3-12(15)13(16)6-10/h2-3,6,11H,4-5,7-8H2,1H3,(H,17,20). The average molecular weight is 379 g/mol. The van der Waals surface area contributed by atoms with Gasteiger partial charge in [0.2, 0.25) is 11.8 Å². The molecule has 2 amide bonds. The number of carbonyl (C=O) groups is 2. The van der Waals surface area contributed by atoms with Gasteiger partial charge in [0, 0.05) is 18.7 Å². The second-order valence-corrected chi connectivity index (χ2v) is 8.42. The molecule has 1 unspecified atom stereocenters. The van der Waals surface area contributed by atoms with E-state index in [0.29, 0.717) is 22.2 Å². The predicted molar refractivity (Wildman–Crippen MR) is 89.5 cm³/mol. The van der Waals surface area contributed by atoms with Crippen molar-refractivity contribution in [1.82, 2.24) is 4.90 Å². The molecule has 1 aliphatic rings. The number of benzene rings is 1. The largest absolute Gasteiger partial charge is 0.330 e. The molecular weight excluding hydrogens is 363 g/mol. The first-order valence-corrected chi connectivity index (χ1v) is 9.48. The first kappa shape index (κ1) is 18.0. The van der Waals surface area contributed by atoms with Crippen LogP contribution in [0.25, 0.3) is 0 Å². The molecule has 1 N–H and O–H groups in total. The van der Waals surface area contributed by atoms with Crippen molar-refractivity contribution in [3.8, 4) is 0 Å². The molecule has 1 aromatic rings. The highest BCUT2D eigenvalue weighted by atomic mass is 35.5. The Morgan fingerprint density at radius 3 is 2.52 bits per heavy atom. The van der Waals surface area contributed by atoms with Crippen molar-refractivity contribution in [2.24, 2.45) is 0 Å². The van der Waals surface area contributed by atoms with E-state index in [1.807, 2.05) is 0 Å². The maximum absolute atomic E-state index is 12.1. The van der Waals surface area contributed by atoms with Crippen LogP contribution in [0.1, 0.15) is 13.3 Å². The topological polar surface area (TPSA) is 83.6 Å². The van der Waals surface area contributed by atoms with E-state index in [-0.39, 0.29) is 24.0 Å². The lowest BCUT2D eigenvalue weighted by Crippen LogP contribution is -2.44. The highest BCUT2D eigenvalue weighted by molar-refractivity contribution is 7.91. The normalized spacial score (nSPS) is 19.3. The zero-order chi connectivity index (χ0) is 17.2. The van der Waals surface area contributed by atoms with Gasteiger partial charge >= 0.3 is 0 Å². The molecule has 0 aromatic heterocycles. The van der Waals surface area contributed by atoms with E-state index in [2.05, 4.69) is 5.32 Å². The van der Waals surface area contributed by atoms with Gasteiger partial charge < -0.3 is 10.2 Å². The Labute approximate surface area is 144 Å². The van der Waals surface area contributed by atoms with E-state index in [4.69, 9.17) is 23.2 Å². The summed E-state index contributed by atoms with van der Waals surface area (Å²) in [5.74, 6) is -0.832. The summed E-state index contributed by atoms with van der Waals surface area (Å²) in [5, 5.41) is 3.28. The first-order chi connectivity index (χ1) is 10.7. The molecule has 0 spiro atoms. The summed E-state index contributed by atoms with van der Waals surface area (Å²) in [6.07, 6.45) is 0.349. The van der Waals surface area contributed by atoms with Crippen LogP contribution in [0.5, 0.6) is 0 Å². The summed E-state index contributed by atoms with van der Waals surface area (Å²) in [6, 6.07) is 4.17. The number of hydrogen-bond donors (Lipinski definition) is 1. The predicted octanol–water partition coefficient (Wildman–Crippen LogP) is 1.97. The van der Waals surface area contributed by atoms with Crippen LogP contribution in [0.2, 0.25) is 10.0 Å². The molecule has 1 saturated heterocycles. The van der Waals surface area contributed by atoms with Crippen molar-refractivity contribution >= 4 is 50.5 Å².